The van der Waals surface area contributed by atoms with E-state index in [2.05, 4.69) is 32.9 Å². The summed E-state index contributed by atoms with van der Waals surface area (Å²) in [7, 11) is 4.13. The maximum atomic E-state index is 12.5. The summed E-state index contributed by atoms with van der Waals surface area (Å²) in [6.07, 6.45) is 5.28. The van der Waals surface area contributed by atoms with Gasteiger partial charge in [0.15, 0.2) is 0 Å². The number of imidazole rings is 1. The molecule has 0 spiro atoms. The second-order valence-electron chi connectivity index (χ2n) is 7.49. The molecule has 1 atom stereocenters. The number of hydrogen-bond acceptors (Lipinski definition) is 4. The summed E-state index contributed by atoms with van der Waals surface area (Å²) >= 11 is 0. The van der Waals surface area contributed by atoms with E-state index in [0.29, 0.717) is 24.7 Å². The lowest BCUT2D eigenvalue weighted by Gasteiger charge is -2.32. The fraction of sp³-hybridized carbons (Fsp3) is 0.409. The molecule has 6 heteroatoms. The Balaban J connectivity index is 1.65. The van der Waals surface area contributed by atoms with Gasteiger partial charge < -0.3 is 9.88 Å². The molecule has 1 aliphatic carbocycles. The molecule has 28 heavy (non-hydrogen) atoms. The molecule has 6 nitrogen and oxygen atoms in total. The van der Waals surface area contributed by atoms with Crippen LogP contribution in [-0.2, 0) is 20.0 Å². The highest BCUT2D eigenvalue weighted by atomic mass is 16.1. The van der Waals surface area contributed by atoms with Crippen LogP contribution < -0.4 is 5.32 Å². The van der Waals surface area contributed by atoms with Crippen LogP contribution in [0, 0.1) is 0 Å². The van der Waals surface area contributed by atoms with Gasteiger partial charge in [0.25, 0.3) is 5.91 Å². The highest BCUT2D eigenvalue weighted by molar-refractivity contribution is 6.05. The van der Waals surface area contributed by atoms with Gasteiger partial charge in [-0.3, -0.25) is 14.7 Å². The van der Waals surface area contributed by atoms with E-state index in [0.717, 1.165) is 29.7 Å². The second kappa shape index (κ2) is 7.72. The number of nitrogens with zero attached hydrogens (tertiary/aromatic N) is 4. The van der Waals surface area contributed by atoms with E-state index in [4.69, 9.17) is 4.98 Å². The summed E-state index contributed by atoms with van der Waals surface area (Å²) in [6, 6.07) is 10.2. The first kappa shape index (κ1) is 18.6. The molecule has 4 rings (SSSR count). The summed E-state index contributed by atoms with van der Waals surface area (Å²) in [5.41, 5.74) is 4.97. The smallest absolute Gasteiger partial charge is 0.253 e. The predicted molar refractivity (Wildman–Crippen MR) is 110 cm³/mol. The minimum atomic E-state index is -0.0542. The Morgan fingerprint density at radius 1 is 1.32 bits per heavy atom. The van der Waals surface area contributed by atoms with E-state index >= 15 is 0 Å². The first-order valence-electron chi connectivity index (χ1n) is 9.96. The number of carbonyl (C=O) groups excluding carboxylic acids is 1. The van der Waals surface area contributed by atoms with Gasteiger partial charge in [-0.1, -0.05) is 12.1 Å². The van der Waals surface area contributed by atoms with Crippen molar-refractivity contribution in [3.8, 4) is 0 Å². The molecule has 0 aliphatic heterocycles. The van der Waals surface area contributed by atoms with Gasteiger partial charge in [-0.15, -0.1) is 0 Å². The zero-order valence-corrected chi connectivity index (χ0v) is 16.8. The van der Waals surface area contributed by atoms with E-state index in [1.807, 2.05) is 44.4 Å². The predicted octanol–water partition coefficient (Wildman–Crippen LogP) is 3.23. The van der Waals surface area contributed by atoms with Crippen molar-refractivity contribution in [2.45, 2.75) is 38.8 Å². The third-order valence-electron chi connectivity index (χ3n) is 5.66. The Bertz CT molecular complexity index is 1010. The molecule has 0 saturated heterocycles. The van der Waals surface area contributed by atoms with Gasteiger partial charge in [-0.05, 0) is 57.0 Å². The molecule has 0 saturated carbocycles. The molecule has 0 bridgehead atoms. The fourth-order valence-corrected chi connectivity index (χ4v) is 4.24. The van der Waals surface area contributed by atoms with Gasteiger partial charge in [-0.25, -0.2) is 4.98 Å². The molecule has 2 heterocycles. The minimum absolute atomic E-state index is 0.0542. The highest BCUT2D eigenvalue weighted by Crippen LogP contribution is 2.33. The van der Waals surface area contributed by atoms with Crippen LogP contribution in [0.3, 0.4) is 0 Å². The fourth-order valence-electron chi connectivity index (χ4n) is 4.24. The Kier molecular flexibility index (Phi) is 5.13. The van der Waals surface area contributed by atoms with E-state index < -0.39 is 0 Å². The van der Waals surface area contributed by atoms with Crippen LogP contribution in [0.25, 0.3) is 11.0 Å². The Labute approximate surface area is 165 Å². The van der Waals surface area contributed by atoms with Gasteiger partial charge in [0.05, 0.1) is 34.9 Å². The highest BCUT2D eigenvalue weighted by Gasteiger charge is 2.26. The standard InChI is InChI=1S/C22H27N5O/c1-4-23-22(28)16-10-6-11-17-21(16)27(3)19(25-17)14-26(2)18-12-5-8-15-9-7-13-24-20(15)18/h6-7,9-11,13,18H,4-5,8,12,14H2,1-3H3,(H,23,28). The van der Waals surface area contributed by atoms with Crippen molar-refractivity contribution in [3.63, 3.8) is 0 Å². The van der Waals surface area contributed by atoms with Crippen LogP contribution >= 0.6 is 0 Å². The summed E-state index contributed by atoms with van der Waals surface area (Å²) < 4.78 is 2.05. The van der Waals surface area contributed by atoms with Crippen LogP contribution in [0.1, 0.15) is 53.2 Å². The number of aryl methyl sites for hydroxylation is 2. The SMILES string of the molecule is CCNC(=O)c1cccc2nc(CN(C)C3CCCc4cccnc43)n(C)c12. The zero-order valence-electron chi connectivity index (χ0n) is 16.8. The third-order valence-corrected chi connectivity index (χ3v) is 5.66. The molecular weight excluding hydrogens is 350 g/mol. The van der Waals surface area contributed by atoms with Crippen LogP contribution in [0.5, 0.6) is 0 Å². The van der Waals surface area contributed by atoms with Crippen LogP contribution in [-0.4, -0.2) is 38.9 Å². The Hall–Kier alpha value is -2.73. The van der Waals surface area contributed by atoms with Gasteiger partial charge in [0, 0.05) is 19.8 Å². The molecule has 3 aromatic rings. The summed E-state index contributed by atoms with van der Waals surface area (Å²) in [5, 5.41) is 2.90. The number of carbonyl (C=O) groups is 1. The molecular formula is C22H27N5O. The topological polar surface area (TPSA) is 63.1 Å². The Morgan fingerprint density at radius 2 is 2.18 bits per heavy atom. The number of pyridine rings is 1. The van der Waals surface area contributed by atoms with E-state index in [1.165, 1.54) is 17.7 Å². The lowest BCUT2D eigenvalue weighted by atomic mass is 9.91. The second-order valence-corrected chi connectivity index (χ2v) is 7.49. The van der Waals surface area contributed by atoms with Gasteiger partial charge in [0.1, 0.15) is 5.82 Å². The first-order chi connectivity index (χ1) is 13.6. The van der Waals surface area contributed by atoms with Crippen molar-refractivity contribution >= 4 is 16.9 Å². The molecule has 0 fully saturated rings. The maximum absolute atomic E-state index is 12.5. The number of hydrogen-bond donors (Lipinski definition) is 1. The largest absolute Gasteiger partial charge is 0.352 e. The molecule has 0 radical (unpaired) electrons. The average molecular weight is 377 g/mol. The molecule has 2 aromatic heterocycles. The summed E-state index contributed by atoms with van der Waals surface area (Å²) in [6.45, 7) is 3.25. The lowest BCUT2D eigenvalue weighted by molar-refractivity contribution is 0.0957. The normalized spacial score (nSPS) is 16.4. The summed E-state index contributed by atoms with van der Waals surface area (Å²) in [4.78, 5) is 24.3. The number of rotatable bonds is 5. The molecule has 1 N–H and O–H groups in total. The van der Waals surface area contributed by atoms with Crippen molar-refractivity contribution in [2.24, 2.45) is 7.05 Å². The maximum Gasteiger partial charge on any atom is 0.253 e. The summed E-state index contributed by atoms with van der Waals surface area (Å²) in [5.74, 6) is 0.902. The zero-order chi connectivity index (χ0) is 19.7. The number of fused-ring (bicyclic) bond motifs is 2. The third kappa shape index (κ3) is 3.29. The van der Waals surface area contributed by atoms with Crippen LogP contribution in [0.2, 0.25) is 0 Å². The van der Waals surface area contributed by atoms with Gasteiger partial charge in [-0.2, -0.15) is 0 Å². The molecule has 1 aromatic carbocycles. The Morgan fingerprint density at radius 3 is 3.00 bits per heavy atom. The first-order valence-corrected chi connectivity index (χ1v) is 9.96. The number of benzene rings is 1. The quantitative estimate of drug-likeness (QED) is 0.741. The van der Waals surface area contributed by atoms with Crippen LogP contribution in [0.4, 0.5) is 0 Å². The number of amides is 1. The van der Waals surface area contributed by atoms with Crippen molar-refractivity contribution in [1.82, 2.24) is 24.8 Å². The van der Waals surface area contributed by atoms with E-state index in [1.54, 1.807) is 0 Å². The molecule has 1 amide bonds. The van der Waals surface area contributed by atoms with Crippen molar-refractivity contribution in [2.75, 3.05) is 13.6 Å². The number of para-hydroxylation sites is 1. The van der Waals surface area contributed by atoms with Gasteiger partial charge in [0.2, 0.25) is 0 Å². The number of aromatic nitrogens is 3. The molecule has 1 aliphatic rings. The number of nitrogens with one attached hydrogen (secondary N) is 1. The van der Waals surface area contributed by atoms with Gasteiger partial charge >= 0.3 is 0 Å². The van der Waals surface area contributed by atoms with Crippen LogP contribution in [0.15, 0.2) is 36.5 Å². The monoisotopic (exact) mass is 377 g/mol. The average Bonchev–Trinajstić information content (AvgIpc) is 3.03. The molecule has 1 unspecified atom stereocenters. The van der Waals surface area contributed by atoms with Crippen molar-refractivity contribution in [1.29, 1.82) is 0 Å². The minimum Gasteiger partial charge on any atom is -0.352 e. The lowest BCUT2D eigenvalue weighted by Crippen LogP contribution is -2.29. The van der Waals surface area contributed by atoms with Crippen molar-refractivity contribution in [3.05, 3.63) is 59.2 Å². The van der Waals surface area contributed by atoms with E-state index in [-0.39, 0.29) is 5.91 Å². The van der Waals surface area contributed by atoms with E-state index in [9.17, 15) is 4.79 Å². The van der Waals surface area contributed by atoms with Crippen molar-refractivity contribution < 1.29 is 4.79 Å². The molecule has 146 valence electrons.